The number of rotatable bonds is 5. The van der Waals surface area contributed by atoms with Gasteiger partial charge in [0, 0.05) is 12.5 Å². The maximum absolute atomic E-state index is 12.1. The van der Waals surface area contributed by atoms with Gasteiger partial charge in [-0.15, -0.1) is 0 Å². The summed E-state index contributed by atoms with van der Waals surface area (Å²) >= 11 is 0. The van der Waals surface area contributed by atoms with Crippen molar-refractivity contribution in [1.29, 1.82) is 0 Å². The maximum atomic E-state index is 12.1. The van der Waals surface area contributed by atoms with Crippen molar-refractivity contribution in [3.05, 3.63) is 35.9 Å². The first-order valence-electron chi connectivity index (χ1n) is 6.66. The maximum Gasteiger partial charge on any atom is 0.410 e. The molecule has 0 saturated carbocycles. The lowest BCUT2D eigenvalue weighted by molar-refractivity contribution is -0.152. The summed E-state index contributed by atoms with van der Waals surface area (Å²) in [5.41, 5.74) is -0.464. The number of carboxylic acid groups (broad SMARTS) is 1. The molecule has 0 spiro atoms. The van der Waals surface area contributed by atoms with E-state index in [1.165, 1.54) is 4.90 Å². The molecule has 1 aliphatic rings. The number of carboxylic acids is 1. The molecule has 1 saturated heterocycles. The normalized spacial score (nSPS) is 24.0. The van der Waals surface area contributed by atoms with Gasteiger partial charge in [0.25, 0.3) is 0 Å². The van der Waals surface area contributed by atoms with Gasteiger partial charge in [0.1, 0.15) is 18.4 Å². The van der Waals surface area contributed by atoms with Crippen molar-refractivity contribution in [2.75, 3.05) is 6.54 Å². The van der Waals surface area contributed by atoms with Gasteiger partial charge in [0.2, 0.25) is 0 Å². The van der Waals surface area contributed by atoms with Gasteiger partial charge in [-0.1, -0.05) is 37.3 Å². The Balaban J connectivity index is 2.01. The predicted octanol–water partition coefficient (Wildman–Crippen LogP) is 1.69. The Morgan fingerprint density at radius 3 is 2.62 bits per heavy atom. The van der Waals surface area contributed by atoms with Crippen LogP contribution in [0.1, 0.15) is 18.9 Å². The van der Waals surface area contributed by atoms with Crippen molar-refractivity contribution in [2.45, 2.75) is 25.5 Å². The van der Waals surface area contributed by atoms with Crippen molar-refractivity contribution in [3.8, 4) is 0 Å². The Morgan fingerprint density at radius 2 is 2.10 bits per heavy atom. The van der Waals surface area contributed by atoms with Gasteiger partial charge >= 0.3 is 12.1 Å². The average Bonchev–Trinajstić information content (AvgIpc) is 2.48. The fourth-order valence-electron chi connectivity index (χ4n) is 2.53. The van der Waals surface area contributed by atoms with Crippen LogP contribution < -0.4 is 0 Å². The number of hydrogen-bond acceptors (Lipinski definition) is 4. The van der Waals surface area contributed by atoms with Crippen LogP contribution in [0.5, 0.6) is 0 Å². The minimum atomic E-state index is -1.29. The van der Waals surface area contributed by atoms with E-state index in [-0.39, 0.29) is 12.5 Å². The third-order valence-corrected chi connectivity index (χ3v) is 3.88. The highest BCUT2D eigenvalue weighted by Gasteiger charge is 2.55. The minimum Gasteiger partial charge on any atom is -0.481 e. The highest BCUT2D eigenvalue weighted by atomic mass is 16.6. The predicted molar refractivity (Wildman–Crippen MR) is 73.5 cm³/mol. The fourth-order valence-corrected chi connectivity index (χ4v) is 2.53. The summed E-state index contributed by atoms with van der Waals surface area (Å²) in [7, 11) is 0. The van der Waals surface area contributed by atoms with E-state index in [0.29, 0.717) is 12.8 Å². The molecule has 2 atom stereocenters. The number of carbonyl (C=O) groups excluding carboxylic acids is 2. The van der Waals surface area contributed by atoms with Gasteiger partial charge in [0.05, 0.1) is 6.42 Å². The van der Waals surface area contributed by atoms with Crippen molar-refractivity contribution in [2.24, 2.45) is 5.92 Å². The summed E-state index contributed by atoms with van der Waals surface area (Å²) in [5.74, 6) is -1.31. The van der Waals surface area contributed by atoms with Crippen LogP contribution in [-0.2, 0) is 20.9 Å². The lowest BCUT2D eigenvalue weighted by atomic mass is 9.74. The second kappa shape index (κ2) is 5.95. The highest BCUT2D eigenvalue weighted by molar-refractivity contribution is 5.84. The van der Waals surface area contributed by atoms with E-state index in [1.54, 1.807) is 6.92 Å². The Hall–Kier alpha value is -2.37. The molecule has 1 amide bonds. The van der Waals surface area contributed by atoms with Crippen LogP contribution in [0.15, 0.2) is 30.3 Å². The topological polar surface area (TPSA) is 83.9 Å². The summed E-state index contributed by atoms with van der Waals surface area (Å²) in [5, 5.41) is 8.93. The quantitative estimate of drug-likeness (QED) is 0.834. The van der Waals surface area contributed by atoms with Crippen LogP contribution in [0.3, 0.4) is 0 Å². The molecule has 1 fully saturated rings. The van der Waals surface area contributed by atoms with Crippen molar-refractivity contribution in [3.63, 3.8) is 0 Å². The van der Waals surface area contributed by atoms with E-state index < -0.39 is 24.0 Å². The van der Waals surface area contributed by atoms with Gasteiger partial charge in [-0.25, -0.2) is 4.79 Å². The summed E-state index contributed by atoms with van der Waals surface area (Å²) in [6.07, 6.45) is -0.526. The van der Waals surface area contributed by atoms with E-state index in [2.05, 4.69) is 0 Å². The number of likely N-dealkylation sites (tertiary alicyclic amines) is 1. The van der Waals surface area contributed by atoms with Gasteiger partial charge in [-0.3, -0.25) is 9.69 Å². The molecule has 2 rings (SSSR count). The first-order valence-corrected chi connectivity index (χ1v) is 6.66. The number of amides is 1. The molecular formula is C15H17NO5. The average molecular weight is 291 g/mol. The number of ether oxygens (including phenoxy) is 1. The molecule has 21 heavy (non-hydrogen) atoms. The number of carbonyl (C=O) groups is 3. The number of benzene rings is 1. The van der Waals surface area contributed by atoms with Crippen LogP contribution in [0.25, 0.3) is 0 Å². The van der Waals surface area contributed by atoms with Crippen LogP contribution in [0, 0.1) is 5.92 Å². The van der Waals surface area contributed by atoms with Crippen LogP contribution in [0.2, 0.25) is 0 Å². The zero-order valence-electron chi connectivity index (χ0n) is 11.7. The number of aldehydes is 1. The fraction of sp³-hybridized carbons (Fsp3) is 0.400. The SMILES string of the molecule is C[C@H]1CN(C(=O)OCc2ccccc2)[C@]1(C=O)CC(=O)O. The first kappa shape index (κ1) is 15.0. The zero-order valence-corrected chi connectivity index (χ0v) is 11.7. The molecule has 0 aromatic heterocycles. The lowest BCUT2D eigenvalue weighted by Gasteiger charge is -2.52. The number of aliphatic carboxylic acids is 1. The molecule has 1 aromatic rings. The third kappa shape index (κ3) is 2.89. The second-order valence-corrected chi connectivity index (χ2v) is 5.23. The molecule has 0 radical (unpaired) electrons. The molecule has 112 valence electrons. The second-order valence-electron chi connectivity index (χ2n) is 5.23. The zero-order chi connectivity index (χ0) is 15.5. The van der Waals surface area contributed by atoms with Gasteiger partial charge in [-0.05, 0) is 5.56 Å². The van der Waals surface area contributed by atoms with Crippen molar-refractivity contribution in [1.82, 2.24) is 4.90 Å². The largest absolute Gasteiger partial charge is 0.481 e. The van der Waals surface area contributed by atoms with E-state index in [4.69, 9.17) is 9.84 Å². The third-order valence-electron chi connectivity index (χ3n) is 3.88. The van der Waals surface area contributed by atoms with Gasteiger partial charge < -0.3 is 14.6 Å². The Kier molecular flexibility index (Phi) is 4.26. The van der Waals surface area contributed by atoms with Crippen LogP contribution >= 0.6 is 0 Å². The smallest absolute Gasteiger partial charge is 0.410 e. The Morgan fingerprint density at radius 1 is 1.43 bits per heavy atom. The first-order chi connectivity index (χ1) is 9.99. The van der Waals surface area contributed by atoms with E-state index in [1.807, 2.05) is 30.3 Å². The molecule has 1 N–H and O–H groups in total. The monoisotopic (exact) mass is 291 g/mol. The molecule has 1 heterocycles. The van der Waals surface area contributed by atoms with Gasteiger partial charge in [-0.2, -0.15) is 0 Å². The van der Waals surface area contributed by atoms with E-state index in [9.17, 15) is 14.4 Å². The molecular weight excluding hydrogens is 274 g/mol. The van der Waals surface area contributed by atoms with E-state index >= 15 is 0 Å². The summed E-state index contributed by atoms with van der Waals surface area (Å²) in [4.78, 5) is 35.5. The van der Waals surface area contributed by atoms with Gasteiger partial charge in [0.15, 0.2) is 0 Å². The summed E-state index contributed by atoms with van der Waals surface area (Å²) in [6, 6.07) is 9.14. The molecule has 0 aliphatic carbocycles. The van der Waals surface area contributed by atoms with Crippen molar-refractivity contribution >= 4 is 18.3 Å². The molecule has 6 nitrogen and oxygen atoms in total. The van der Waals surface area contributed by atoms with Crippen LogP contribution in [-0.4, -0.2) is 40.4 Å². The lowest BCUT2D eigenvalue weighted by Crippen LogP contribution is -2.69. The van der Waals surface area contributed by atoms with E-state index in [0.717, 1.165) is 5.56 Å². The van der Waals surface area contributed by atoms with Crippen molar-refractivity contribution < 1.29 is 24.2 Å². The minimum absolute atomic E-state index is 0.0898. The standard InChI is InChI=1S/C15H17NO5/c1-11-8-16(15(11,10-17)7-13(18)19)14(20)21-9-12-5-3-2-4-6-12/h2-6,10-11H,7-9H2,1H3,(H,18,19)/t11-,15-/m0/s1. The molecule has 0 unspecified atom stereocenters. The number of hydrogen-bond donors (Lipinski definition) is 1. The highest BCUT2D eigenvalue weighted by Crippen LogP contribution is 2.38. The summed E-state index contributed by atoms with van der Waals surface area (Å²) in [6.45, 7) is 2.16. The van der Waals surface area contributed by atoms with Crippen LogP contribution in [0.4, 0.5) is 4.79 Å². The Labute approximate surface area is 122 Å². The molecule has 6 heteroatoms. The summed E-state index contributed by atoms with van der Waals surface area (Å²) < 4.78 is 5.15. The molecule has 0 bridgehead atoms. The molecule has 1 aliphatic heterocycles. The number of nitrogens with zero attached hydrogens (tertiary/aromatic N) is 1. The molecule has 1 aromatic carbocycles. The Bertz CT molecular complexity index is 544.